The van der Waals surface area contributed by atoms with Crippen LogP contribution in [0.25, 0.3) is 10.8 Å². The van der Waals surface area contributed by atoms with Gasteiger partial charge >= 0.3 is 0 Å². The predicted molar refractivity (Wildman–Crippen MR) is 76.2 cm³/mol. The Morgan fingerprint density at radius 3 is 2.85 bits per heavy atom. The van der Waals surface area contributed by atoms with Gasteiger partial charge < -0.3 is 19.9 Å². The van der Waals surface area contributed by atoms with E-state index in [0.29, 0.717) is 12.5 Å². The van der Waals surface area contributed by atoms with Gasteiger partial charge in [-0.15, -0.1) is 0 Å². The summed E-state index contributed by atoms with van der Waals surface area (Å²) >= 11 is 0. The highest BCUT2D eigenvalue weighted by atomic mass is 16.7. The molecule has 0 radical (unpaired) electrons. The van der Waals surface area contributed by atoms with Crippen LogP contribution in [0.5, 0.6) is 17.4 Å². The van der Waals surface area contributed by atoms with Gasteiger partial charge in [0.05, 0.1) is 0 Å². The summed E-state index contributed by atoms with van der Waals surface area (Å²) in [6, 6.07) is 5.76. The molecule has 106 valence electrons. The average Bonchev–Trinajstić information content (AvgIpc) is 2.90. The molecule has 0 amide bonds. The molecular formula is C15H18N2O3. The summed E-state index contributed by atoms with van der Waals surface area (Å²) in [5.41, 5.74) is 5.74. The van der Waals surface area contributed by atoms with E-state index in [1.807, 2.05) is 32.0 Å². The number of ether oxygens (including phenoxy) is 3. The molecule has 0 aliphatic carbocycles. The minimum absolute atomic E-state index is 0.256. The summed E-state index contributed by atoms with van der Waals surface area (Å²) in [7, 11) is 0. The summed E-state index contributed by atoms with van der Waals surface area (Å²) in [5.74, 6) is 2.05. The number of rotatable bonds is 4. The van der Waals surface area contributed by atoms with Gasteiger partial charge in [-0.2, -0.15) is 0 Å². The van der Waals surface area contributed by atoms with Gasteiger partial charge in [0.15, 0.2) is 11.5 Å². The summed E-state index contributed by atoms with van der Waals surface area (Å²) in [6.45, 7) is 4.68. The smallest absolute Gasteiger partial charge is 0.231 e. The number of benzene rings is 1. The monoisotopic (exact) mass is 274 g/mol. The van der Waals surface area contributed by atoms with Crippen LogP contribution in [0.15, 0.2) is 24.4 Å². The van der Waals surface area contributed by atoms with E-state index in [4.69, 9.17) is 19.9 Å². The normalized spacial score (nSPS) is 16.1. The van der Waals surface area contributed by atoms with Crippen molar-refractivity contribution in [1.29, 1.82) is 0 Å². The second-order valence-corrected chi connectivity index (χ2v) is 5.34. The number of pyridine rings is 1. The van der Waals surface area contributed by atoms with Crippen molar-refractivity contribution in [2.75, 3.05) is 13.4 Å². The molecule has 1 atom stereocenters. The first-order chi connectivity index (χ1) is 9.59. The third-order valence-corrected chi connectivity index (χ3v) is 3.57. The van der Waals surface area contributed by atoms with Crippen molar-refractivity contribution in [3.05, 3.63) is 24.4 Å². The molecule has 2 heterocycles. The van der Waals surface area contributed by atoms with Crippen LogP contribution in [-0.4, -0.2) is 23.9 Å². The average molecular weight is 274 g/mol. The largest absolute Gasteiger partial charge is 0.475 e. The zero-order chi connectivity index (χ0) is 14.2. The van der Waals surface area contributed by atoms with E-state index in [1.54, 1.807) is 6.20 Å². The summed E-state index contributed by atoms with van der Waals surface area (Å²) in [5, 5.41) is 1.91. The molecule has 2 aromatic rings. The Bertz CT molecular complexity index is 640. The highest BCUT2D eigenvalue weighted by Crippen LogP contribution is 2.38. The molecule has 0 bridgehead atoms. The van der Waals surface area contributed by atoms with Crippen LogP contribution >= 0.6 is 0 Å². The van der Waals surface area contributed by atoms with Gasteiger partial charge in [0.2, 0.25) is 12.7 Å². The van der Waals surface area contributed by atoms with Crippen molar-refractivity contribution in [2.45, 2.75) is 25.8 Å². The lowest BCUT2D eigenvalue weighted by molar-refractivity contribution is 0.174. The van der Waals surface area contributed by atoms with Crippen molar-refractivity contribution in [1.82, 2.24) is 4.98 Å². The molecule has 3 rings (SSSR count). The van der Waals surface area contributed by atoms with Crippen LogP contribution in [0.1, 0.15) is 20.3 Å². The van der Waals surface area contributed by atoms with E-state index in [9.17, 15) is 0 Å². The fourth-order valence-corrected chi connectivity index (χ4v) is 1.99. The Labute approximate surface area is 117 Å². The highest BCUT2D eigenvalue weighted by molar-refractivity contribution is 5.90. The lowest BCUT2D eigenvalue weighted by Gasteiger charge is -2.22. The molecule has 1 aromatic carbocycles. The van der Waals surface area contributed by atoms with Crippen molar-refractivity contribution in [3.8, 4) is 17.4 Å². The molecule has 5 heteroatoms. The predicted octanol–water partition coefficient (Wildman–Crippen LogP) is 2.47. The standard InChI is InChI=1S/C15H18N2O3/c1-3-15(2,16)8-18-14-11-7-13-12(19-9-20-13)6-10(11)4-5-17-14/h4-7H,3,8-9,16H2,1-2H3. The van der Waals surface area contributed by atoms with Crippen LogP contribution < -0.4 is 19.9 Å². The first-order valence-corrected chi connectivity index (χ1v) is 6.69. The molecule has 0 saturated carbocycles. The van der Waals surface area contributed by atoms with Gasteiger partial charge in [-0.25, -0.2) is 4.98 Å². The van der Waals surface area contributed by atoms with Crippen LogP contribution in [-0.2, 0) is 0 Å². The molecule has 1 unspecified atom stereocenters. The molecule has 5 nitrogen and oxygen atoms in total. The first kappa shape index (κ1) is 13.0. The number of aromatic nitrogens is 1. The van der Waals surface area contributed by atoms with Crippen molar-refractivity contribution >= 4 is 10.8 Å². The van der Waals surface area contributed by atoms with E-state index in [-0.39, 0.29) is 12.3 Å². The quantitative estimate of drug-likeness (QED) is 0.927. The zero-order valence-corrected chi connectivity index (χ0v) is 11.7. The number of hydrogen-bond acceptors (Lipinski definition) is 5. The van der Waals surface area contributed by atoms with E-state index in [2.05, 4.69) is 4.98 Å². The van der Waals surface area contributed by atoms with E-state index >= 15 is 0 Å². The minimum atomic E-state index is -0.361. The third-order valence-electron chi connectivity index (χ3n) is 3.57. The SMILES string of the molecule is CCC(C)(N)COc1nccc2cc3c(cc12)OCO3. The first-order valence-electron chi connectivity index (χ1n) is 6.69. The van der Waals surface area contributed by atoms with Crippen LogP contribution in [0, 0.1) is 0 Å². The van der Waals surface area contributed by atoms with Gasteiger partial charge in [0.25, 0.3) is 0 Å². The van der Waals surface area contributed by atoms with Crippen LogP contribution in [0.4, 0.5) is 0 Å². The van der Waals surface area contributed by atoms with Gasteiger partial charge in [-0.05, 0) is 36.9 Å². The molecular weight excluding hydrogens is 256 g/mol. The fraction of sp³-hybridized carbons (Fsp3) is 0.400. The van der Waals surface area contributed by atoms with E-state index in [0.717, 1.165) is 28.7 Å². The van der Waals surface area contributed by atoms with Crippen LogP contribution in [0.3, 0.4) is 0 Å². The van der Waals surface area contributed by atoms with Crippen molar-refractivity contribution < 1.29 is 14.2 Å². The van der Waals surface area contributed by atoms with E-state index < -0.39 is 0 Å². The lowest BCUT2D eigenvalue weighted by atomic mass is 10.0. The highest BCUT2D eigenvalue weighted by Gasteiger charge is 2.19. The van der Waals surface area contributed by atoms with Gasteiger partial charge in [0.1, 0.15) is 6.61 Å². The second-order valence-electron chi connectivity index (χ2n) is 5.34. The van der Waals surface area contributed by atoms with Gasteiger partial charge in [-0.1, -0.05) is 6.92 Å². The Morgan fingerprint density at radius 1 is 1.35 bits per heavy atom. The van der Waals surface area contributed by atoms with Crippen molar-refractivity contribution in [3.63, 3.8) is 0 Å². The molecule has 0 saturated heterocycles. The minimum Gasteiger partial charge on any atom is -0.475 e. The van der Waals surface area contributed by atoms with Gasteiger partial charge in [0, 0.05) is 17.1 Å². The second kappa shape index (κ2) is 4.83. The van der Waals surface area contributed by atoms with Crippen molar-refractivity contribution in [2.24, 2.45) is 5.73 Å². The maximum Gasteiger partial charge on any atom is 0.231 e. The van der Waals surface area contributed by atoms with Gasteiger partial charge in [-0.3, -0.25) is 0 Å². The Morgan fingerprint density at radius 2 is 2.10 bits per heavy atom. The Balaban J connectivity index is 1.95. The third kappa shape index (κ3) is 2.36. The molecule has 1 aliphatic rings. The lowest BCUT2D eigenvalue weighted by Crippen LogP contribution is -2.41. The molecule has 2 N–H and O–H groups in total. The maximum absolute atomic E-state index is 6.10. The van der Waals surface area contributed by atoms with Crippen LogP contribution in [0.2, 0.25) is 0 Å². The topological polar surface area (TPSA) is 66.6 Å². The van der Waals surface area contributed by atoms with E-state index in [1.165, 1.54) is 0 Å². The summed E-state index contributed by atoms with van der Waals surface area (Å²) in [4.78, 5) is 4.30. The molecule has 1 aromatic heterocycles. The fourth-order valence-electron chi connectivity index (χ4n) is 1.99. The zero-order valence-electron chi connectivity index (χ0n) is 11.7. The number of fused-ring (bicyclic) bond motifs is 2. The molecule has 20 heavy (non-hydrogen) atoms. The molecule has 0 spiro atoms. The molecule has 1 aliphatic heterocycles. The summed E-state index contributed by atoms with van der Waals surface area (Å²) < 4.78 is 16.6. The Hall–Kier alpha value is -2.01. The number of hydrogen-bond donors (Lipinski definition) is 1. The number of nitrogens with two attached hydrogens (primary N) is 1. The molecule has 0 fully saturated rings. The number of nitrogens with zero attached hydrogens (tertiary/aromatic N) is 1. The maximum atomic E-state index is 6.10. The summed E-state index contributed by atoms with van der Waals surface area (Å²) in [6.07, 6.45) is 2.56. The Kier molecular flexibility index (Phi) is 3.14.